The average molecular weight is 295 g/mol. The topological polar surface area (TPSA) is 63.1 Å². The van der Waals surface area contributed by atoms with Crippen LogP contribution in [0.5, 0.6) is 0 Å². The first-order valence-corrected chi connectivity index (χ1v) is 6.10. The Morgan fingerprint density at radius 1 is 1.41 bits per heavy atom. The minimum atomic E-state index is -1.02. The molecule has 17 heavy (non-hydrogen) atoms. The number of fused-ring (bicyclic) bond motifs is 1. The van der Waals surface area contributed by atoms with Crippen molar-refractivity contribution >= 4 is 32.8 Å². The molecule has 0 radical (unpaired) electrons. The van der Waals surface area contributed by atoms with E-state index in [2.05, 4.69) is 25.9 Å². The molecule has 0 saturated carbocycles. The Labute approximate surface area is 107 Å². The van der Waals surface area contributed by atoms with Crippen molar-refractivity contribution in [1.29, 1.82) is 0 Å². The lowest BCUT2D eigenvalue weighted by Gasteiger charge is -2.05. The predicted molar refractivity (Wildman–Crippen MR) is 68.2 cm³/mol. The van der Waals surface area contributed by atoms with Gasteiger partial charge in [0.05, 0.1) is 5.52 Å². The third kappa shape index (κ3) is 2.44. The molecule has 0 spiro atoms. The van der Waals surface area contributed by atoms with Crippen molar-refractivity contribution < 1.29 is 9.90 Å². The van der Waals surface area contributed by atoms with Crippen LogP contribution < -0.4 is 0 Å². The van der Waals surface area contributed by atoms with Gasteiger partial charge in [0.2, 0.25) is 0 Å². The molecule has 0 bridgehead atoms. The molecule has 2 rings (SSSR count). The number of rotatable bonds is 3. The fourth-order valence-corrected chi connectivity index (χ4v) is 2.00. The highest BCUT2D eigenvalue weighted by molar-refractivity contribution is 9.10. The van der Waals surface area contributed by atoms with E-state index in [9.17, 15) is 4.79 Å². The second-order valence-corrected chi connectivity index (χ2v) is 4.62. The van der Waals surface area contributed by atoms with Crippen LogP contribution in [0.4, 0.5) is 0 Å². The summed E-state index contributed by atoms with van der Waals surface area (Å²) < 4.78 is 0.877. The molecule has 1 aromatic carbocycles. The van der Waals surface area contributed by atoms with E-state index in [0.717, 1.165) is 10.9 Å². The van der Waals surface area contributed by atoms with Crippen molar-refractivity contribution in [3.05, 3.63) is 34.2 Å². The van der Waals surface area contributed by atoms with Crippen molar-refractivity contribution in [3.63, 3.8) is 0 Å². The van der Waals surface area contributed by atoms with Gasteiger partial charge >= 0.3 is 5.97 Å². The van der Waals surface area contributed by atoms with E-state index in [1.165, 1.54) is 0 Å². The standard InChI is InChI=1S/C12H11BrN2O2/c1-2-3-10-14-9-6-7(13)4-5-8(9)11(15-10)12(16)17/h4-6H,2-3H2,1H3,(H,16,17). The van der Waals surface area contributed by atoms with Crippen molar-refractivity contribution in [2.24, 2.45) is 0 Å². The SMILES string of the molecule is CCCc1nc(C(=O)O)c2ccc(Br)cc2n1. The van der Waals surface area contributed by atoms with E-state index in [1.54, 1.807) is 12.1 Å². The first-order valence-electron chi connectivity index (χ1n) is 5.31. The summed E-state index contributed by atoms with van der Waals surface area (Å²) in [6, 6.07) is 5.32. The van der Waals surface area contributed by atoms with Gasteiger partial charge in [-0.1, -0.05) is 22.9 Å². The molecule has 0 amide bonds. The smallest absolute Gasteiger partial charge is 0.355 e. The molecule has 1 N–H and O–H groups in total. The summed E-state index contributed by atoms with van der Waals surface area (Å²) >= 11 is 3.35. The first kappa shape index (κ1) is 12.0. The van der Waals surface area contributed by atoms with Gasteiger partial charge in [0, 0.05) is 16.3 Å². The van der Waals surface area contributed by atoms with E-state index in [1.807, 2.05) is 13.0 Å². The minimum absolute atomic E-state index is 0.0750. The third-order valence-corrected chi connectivity index (χ3v) is 2.87. The molecule has 88 valence electrons. The summed E-state index contributed by atoms with van der Waals surface area (Å²) in [5, 5.41) is 9.71. The number of carboxylic acid groups (broad SMARTS) is 1. The summed E-state index contributed by atoms with van der Waals surface area (Å²) in [6.07, 6.45) is 1.57. The van der Waals surface area contributed by atoms with Crippen LogP contribution in [0.15, 0.2) is 22.7 Å². The zero-order valence-corrected chi connectivity index (χ0v) is 10.9. The Bertz CT molecular complexity index is 584. The number of benzene rings is 1. The van der Waals surface area contributed by atoms with Gasteiger partial charge in [0.15, 0.2) is 5.69 Å². The van der Waals surface area contributed by atoms with Crippen molar-refractivity contribution in [3.8, 4) is 0 Å². The number of nitrogens with zero attached hydrogens (tertiary/aromatic N) is 2. The largest absolute Gasteiger partial charge is 0.476 e. The van der Waals surface area contributed by atoms with Crippen molar-refractivity contribution in [1.82, 2.24) is 9.97 Å². The van der Waals surface area contributed by atoms with Crippen LogP contribution in [-0.2, 0) is 6.42 Å². The summed E-state index contributed by atoms with van der Waals surface area (Å²) in [5.74, 6) is -0.437. The molecule has 2 aromatic rings. The second kappa shape index (κ2) is 4.79. The second-order valence-electron chi connectivity index (χ2n) is 3.71. The van der Waals surface area contributed by atoms with Gasteiger partial charge < -0.3 is 5.11 Å². The highest BCUT2D eigenvalue weighted by atomic mass is 79.9. The average Bonchev–Trinajstić information content (AvgIpc) is 2.27. The number of carbonyl (C=O) groups is 1. The number of carboxylic acids is 1. The highest BCUT2D eigenvalue weighted by Crippen LogP contribution is 2.21. The zero-order valence-electron chi connectivity index (χ0n) is 9.27. The van der Waals surface area contributed by atoms with Crippen molar-refractivity contribution in [2.45, 2.75) is 19.8 Å². The van der Waals surface area contributed by atoms with Crippen LogP contribution in [0.25, 0.3) is 10.9 Å². The Hall–Kier alpha value is -1.49. The monoisotopic (exact) mass is 294 g/mol. The van der Waals surface area contributed by atoms with Crippen molar-refractivity contribution in [2.75, 3.05) is 0 Å². The molecule has 4 nitrogen and oxygen atoms in total. The minimum Gasteiger partial charge on any atom is -0.476 e. The molecule has 0 fully saturated rings. The number of aryl methyl sites for hydroxylation is 1. The fourth-order valence-electron chi connectivity index (χ4n) is 1.65. The lowest BCUT2D eigenvalue weighted by Crippen LogP contribution is -2.06. The van der Waals surface area contributed by atoms with Crippen LogP contribution in [0.3, 0.4) is 0 Å². The van der Waals surface area contributed by atoms with E-state index in [4.69, 9.17) is 5.11 Å². The van der Waals surface area contributed by atoms with Gasteiger partial charge in [-0.15, -0.1) is 0 Å². The fraction of sp³-hybridized carbons (Fsp3) is 0.250. The van der Waals surface area contributed by atoms with Crippen LogP contribution in [0.1, 0.15) is 29.7 Å². The molecule has 0 unspecified atom stereocenters. The quantitative estimate of drug-likeness (QED) is 0.945. The third-order valence-electron chi connectivity index (χ3n) is 2.38. The number of hydrogen-bond acceptors (Lipinski definition) is 3. The molecule has 0 atom stereocenters. The van der Waals surface area contributed by atoms with Crippen LogP contribution in [-0.4, -0.2) is 21.0 Å². The lowest BCUT2D eigenvalue weighted by molar-refractivity contribution is 0.0692. The molecule has 0 aliphatic carbocycles. The lowest BCUT2D eigenvalue weighted by atomic mass is 10.1. The zero-order chi connectivity index (χ0) is 12.4. The van der Waals surface area contributed by atoms with Gasteiger partial charge in [0.25, 0.3) is 0 Å². The summed E-state index contributed by atoms with van der Waals surface area (Å²) in [5.41, 5.74) is 0.737. The van der Waals surface area contributed by atoms with Gasteiger partial charge in [-0.3, -0.25) is 0 Å². The molecule has 0 saturated heterocycles. The molecule has 0 aliphatic heterocycles. The predicted octanol–water partition coefficient (Wildman–Crippen LogP) is 3.04. The Morgan fingerprint density at radius 3 is 2.82 bits per heavy atom. The Balaban J connectivity index is 2.71. The number of aromatic carboxylic acids is 1. The maximum absolute atomic E-state index is 11.2. The first-order chi connectivity index (χ1) is 8.11. The summed E-state index contributed by atoms with van der Waals surface area (Å²) in [7, 11) is 0. The normalized spacial score (nSPS) is 10.7. The molecular weight excluding hydrogens is 284 g/mol. The van der Waals surface area contributed by atoms with E-state index in [0.29, 0.717) is 23.1 Å². The van der Waals surface area contributed by atoms with Gasteiger partial charge in [0.1, 0.15) is 5.82 Å². The molecular formula is C12H11BrN2O2. The Morgan fingerprint density at radius 2 is 2.18 bits per heavy atom. The van der Waals surface area contributed by atoms with Gasteiger partial charge in [-0.25, -0.2) is 14.8 Å². The van der Waals surface area contributed by atoms with E-state index >= 15 is 0 Å². The molecule has 1 heterocycles. The van der Waals surface area contributed by atoms with Crippen LogP contribution in [0.2, 0.25) is 0 Å². The highest BCUT2D eigenvalue weighted by Gasteiger charge is 2.13. The van der Waals surface area contributed by atoms with E-state index < -0.39 is 5.97 Å². The summed E-state index contributed by atoms with van der Waals surface area (Å²) in [6.45, 7) is 2.01. The van der Waals surface area contributed by atoms with E-state index in [-0.39, 0.29) is 5.69 Å². The molecule has 5 heteroatoms. The van der Waals surface area contributed by atoms with Crippen LogP contribution in [0, 0.1) is 0 Å². The maximum Gasteiger partial charge on any atom is 0.355 e. The van der Waals surface area contributed by atoms with Gasteiger partial charge in [-0.05, 0) is 24.6 Å². The number of aromatic nitrogens is 2. The Kier molecular flexibility index (Phi) is 3.38. The van der Waals surface area contributed by atoms with Gasteiger partial charge in [-0.2, -0.15) is 0 Å². The molecule has 1 aromatic heterocycles. The molecule has 0 aliphatic rings. The summed E-state index contributed by atoms with van der Waals surface area (Å²) in [4.78, 5) is 19.6. The number of hydrogen-bond donors (Lipinski definition) is 1. The maximum atomic E-state index is 11.2. The van der Waals surface area contributed by atoms with Crippen LogP contribution >= 0.6 is 15.9 Å². The number of halogens is 1.